The van der Waals surface area contributed by atoms with Crippen molar-refractivity contribution in [2.24, 2.45) is 23.5 Å². The molecule has 5 unspecified atom stereocenters. The molecule has 0 spiro atoms. The molecule has 22 heavy (non-hydrogen) atoms. The summed E-state index contributed by atoms with van der Waals surface area (Å²) in [5.41, 5.74) is 7.31. The normalized spacial score (nSPS) is 31.1. The molecule has 0 aliphatic heterocycles. The first-order chi connectivity index (χ1) is 10.5. The number of hydrogen-bond acceptors (Lipinski definition) is 3. The molecular formula is C17H23BrN2O2. The number of fused-ring (bicyclic) bond motifs is 2. The Labute approximate surface area is 139 Å². The molecule has 2 aliphatic rings. The smallest absolute Gasteiger partial charge is 0.225 e. The SMILES string of the molecule is COc1ccc(C(C)NC(=O)C2C3CCC(C3)C2N)cc1Br. The Morgan fingerprint density at radius 3 is 2.73 bits per heavy atom. The van der Waals surface area contributed by atoms with Gasteiger partial charge in [-0.05, 0) is 71.6 Å². The van der Waals surface area contributed by atoms with Crippen molar-refractivity contribution in [3.8, 4) is 5.75 Å². The summed E-state index contributed by atoms with van der Waals surface area (Å²) in [6.07, 6.45) is 3.47. The summed E-state index contributed by atoms with van der Waals surface area (Å²) in [7, 11) is 1.64. The van der Waals surface area contributed by atoms with Gasteiger partial charge in [-0.25, -0.2) is 0 Å². The number of hydrogen-bond donors (Lipinski definition) is 2. The Kier molecular flexibility index (Phi) is 4.46. The molecule has 5 heteroatoms. The summed E-state index contributed by atoms with van der Waals surface area (Å²) in [4.78, 5) is 12.6. The zero-order valence-corrected chi connectivity index (χ0v) is 14.6. The Balaban J connectivity index is 1.67. The quantitative estimate of drug-likeness (QED) is 0.860. The van der Waals surface area contributed by atoms with E-state index in [1.807, 2.05) is 25.1 Å². The van der Waals surface area contributed by atoms with Crippen LogP contribution in [0.15, 0.2) is 22.7 Å². The third-order valence-corrected chi connectivity index (χ3v) is 5.94. The van der Waals surface area contributed by atoms with E-state index in [1.54, 1.807) is 7.11 Å². The summed E-state index contributed by atoms with van der Waals surface area (Å²) in [6, 6.07) is 5.88. The lowest BCUT2D eigenvalue weighted by Crippen LogP contribution is -2.45. The van der Waals surface area contributed by atoms with Crippen molar-refractivity contribution in [2.75, 3.05) is 7.11 Å². The highest BCUT2D eigenvalue weighted by molar-refractivity contribution is 9.10. The number of benzene rings is 1. The van der Waals surface area contributed by atoms with E-state index < -0.39 is 0 Å². The molecular weight excluding hydrogens is 344 g/mol. The van der Waals surface area contributed by atoms with Gasteiger partial charge in [-0.3, -0.25) is 4.79 Å². The van der Waals surface area contributed by atoms with E-state index in [-0.39, 0.29) is 23.9 Å². The van der Waals surface area contributed by atoms with E-state index in [2.05, 4.69) is 21.2 Å². The lowest BCUT2D eigenvalue weighted by molar-refractivity contribution is -0.127. The van der Waals surface area contributed by atoms with Crippen LogP contribution < -0.4 is 15.8 Å². The molecule has 2 bridgehead atoms. The third-order valence-electron chi connectivity index (χ3n) is 5.32. The molecule has 120 valence electrons. The van der Waals surface area contributed by atoms with Crippen molar-refractivity contribution in [1.29, 1.82) is 0 Å². The maximum Gasteiger partial charge on any atom is 0.225 e. The highest BCUT2D eigenvalue weighted by Crippen LogP contribution is 2.47. The van der Waals surface area contributed by atoms with E-state index in [9.17, 15) is 4.79 Å². The first-order valence-electron chi connectivity index (χ1n) is 7.90. The Bertz CT molecular complexity index is 576. The summed E-state index contributed by atoms with van der Waals surface area (Å²) in [5.74, 6) is 1.92. The maximum atomic E-state index is 12.6. The minimum atomic E-state index is -0.0407. The van der Waals surface area contributed by atoms with E-state index in [1.165, 1.54) is 6.42 Å². The van der Waals surface area contributed by atoms with Gasteiger partial charge in [0, 0.05) is 6.04 Å². The van der Waals surface area contributed by atoms with Crippen molar-refractivity contribution >= 4 is 21.8 Å². The number of ether oxygens (including phenoxy) is 1. The van der Waals surface area contributed by atoms with E-state index in [4.69, 9.17) is 10.5 Å². The fraction of sp³-hybridized carbons (Fsp3) is 0.588. The topological polar surface area (TPSA) is 64.3 Å². The zero-order valence-electron chi connectivity index (χ0n) is 13.0. The second kappa shape index (κ2) is 6.20. The van der Waals surface area contributed by atoms with Crippen molar-refractivity contribution in [3.63, 3.8) is 0 Å². The van der Waals surface area contributed by atoms with Gasteiger partial charge in [0.15, 0.2) is 0 Å². The standard InChI is InChI=1S/C17H23BrN2O2/c1-9(10-5-6-14(22-2)13(18)8-10)20-17(21)15-11-3-4-12(7-11)16(15)19/h5-6,8-9,11-12,15-16H,3-4,7,19H2,1-2H3,(H,20,21). The lowest BCUT2D eigenvalue weighted by Gasteiger charge is -2.28. The predicted octanol–water partition coefficient (Wildman–Crippen LogP) is 3.01. The van der Waals surface area contributed by atoms with E-state index in [0.717, 1.165) is 28.6 Å². The molecule has 0 heterocycles. The van der Waals surface area contributed by atoms with Crippen LogP contribution in [0.2, 0.25) is 0 Å². The van der Waals surface area contributed by atoms with Crippen LogP contribution in [0.3, 0.4) is 0 Å². The van der Waals surface area contributed by atoms with Gasteiger partial charge < -0.3 is 15.8 Å². The number of halogens is 1. The number of nitrogens with two attached hydrogens (primary N) is 1. The Morgan fingerprint density at radius 1 is 1.41 bits per heavy atom. The van der Waals surface area contributed by atoms with Gasteiger partial charge in [0.2, 0.25) is 5.91 Å². The second-order valence-electron chi connectivity index (χ2n) is 6.56. The first kappa shape index (κ1) is 15.8. The van der Waals surface area contributed by atoms with Gasteiger partial charge in [0.05, 0.1) is 23.5 Å². The number of nitrogens with one attached hydrogen (secondary N) is 1. The van der Waals surface area contributed by atoms with E-state index in [0.29, 0.717) is 11.8 Å². The van der Waals surface area contributed by atoms with Crippen molar-refractivity contribution in [3.05, 3.63) is 28.2 Å². The average Bonchev–Trinajstić information content (AvgIpc) is 3.07. The van der Waals surface area contributed by atoms with Gasteiger partial charge in [0.25, 0.3) is 0 Å². The number of amides is 1. The molecule has 0 saturated heterocycles. The first-order valence-corrected chi connectivity index (χ1v) is 8.70. The van der Waals surface area contributed by atoms with Crippen molar-refractivity contribution in [2.45, 2.75) is 38.3 Å². The van der Waals surface area contributed by atoms with Crippen LogP contribution in [-0.4, -0.2) is 19.1 Å². The van der Waals surface area contributed by atoms with Gasteiger partial charge in [-0.15, -0.1) is 0 Å². The monoisotopic (exact) mass is 366 g/mol. The van der Waals surface area contributed by atoms with Gasteiger partial charge in [-0.2, -0.15) is 0 Å². The minimum absolute atomic E-state index is 0.0112. The molecule has 3 N–H and O–H groups in total. The summed E-state index contributed by atoms with van der Waals surface area (Å²) < 4.78 is 6.13. The summed E-state index contributed by atoms with van der Waals surface area (Å²) >= 11 is 3.49. The predicted molar refractivity (Wildman–Crippen MR) is 89.5 cm³/mol. The fourth-order valence-electron chi connectivity index (χ4n) is 4.07. The number of methoxy groups -OCH3 is 1. The van der Waals surface area contributed by atoms with Crippen molar-refractivity contribution < 1.29 is 9.53 Å². The molecule has 0 aromatic heterocycles. The van der Waals surface area contributed by atoms with Gasteiger partial charge >= 0.3 is 0 Å². The maximum absolute atomic E-state index is 12.6. The Morgan fingerprint density at radius 2 is 2.14 bits per heavy atom. The minimum Gasteiger partial charge on any atom is -0.496 e. The van der Waals surface area contributed by atoms with Crippen LogP contribution in [0, 0.1) is 17.8 Å². The summed E-state index contributed by atoms with van der Waals surface area (Å²) in [5, 5.41) is 3.14. The van der Waals surface area contributed by atoms with Crippen LogP contribution >= 0.6 is 15.9 Å². The molecule has 1 aromatic rings. The van der Waals surface area contributed by atoms with Gasteiger partial charge in [-0.1, -0.05) is 6.07 Å². The van der Waals surface area contributed by atoms with Gasteiger partial charge in [0.1, 0.15) is 5.75 Å². The number of rotatable bonds is 4. The van der Waals surface area contributed by atoms with Crippen LogP contribution in [0.4, 0.5) is 0 Å². The van der Waals surface area contributed by atoms with Crippen molar-refractivity contribution in [1.82, 2.24) is 5.32 Å². The molecule has 2 aliphatic carbocycles. The molecule has 0 radical (unpaired) electrons. The molecule has 2 fully saturated rings. The lowest BCUT2D eigenvalue weighted by atomic mass is 9.84. The van der Waals surface area contributed by atoms with E-state index >= 15 is 0 Å². The molecule has 1 aromatic carbocycles. The molecule has 1 amide bonds. The Hall–Kier alpha value is -1.07. The molecule has 2 saturated carbocycles. The van der Waals surface area contributed by atoms with Crippen LogP contribution in [0.25, 0.3) is 0 Å². The zero-order chi connectivity index (χ0) is 15.9. The van der Waals surface area contributed by atoms with Crippen LogP contribution in [0.1, 0.15) is 37.8 Å². The number of carbonyl (C=O) groups excluding carboxylic acids is 1. The largest absolute Gasteiger partial charge is 0.496 e. The molecule has 3 rings (SSSR count). The fourth-order valence-corrected chi connectivity index (χ4v) is 4.63. The highest BCUT2D eigenvalue weighted by atomic mass is 79.9. The summed E-state index contributed by atoms with van der Waals surface area (Å²) in [6.45, 7) is 2.00. The molecule has 4 nitrogen and oxygen atoms in total. The van der Waals surface area contributed by atoms with Crippen LogP contribution in [0.5, 0.6) is 5.75 Å². The third kappa shape index (κ3) is 2.76. The number of carbonyl (C=O) groups is 1. The molecule has 5 atom stereocenters. The average molecular weight is 367 g/mol. The van der Waals surface area contributed by atoms with Crippen LogP contribution in [-0.2, 0) is 4.79 Å². The second-order valence-corrected chi connectivity index (χ2v) is 7.41. The highest BCUT2D eigenvalue weighted by Gasteiger charge is 2.49.